The zero-order valence-electron chi connectivity index (χ0n) is 14.9. The van der Waals surface area contributed by atoms with E-state index >= 15 is 0 Å². The summed E-state index contributed by atoms with van der Waals surface area (Å²) in [6.07, 6.45) is 2.08. The van der Waals surface area contributed by atoms with Crippen molar-refractivity contribution >= 4 is 30.7 Å². The predicted molar refractivity (Wildman–Crippen MR) is 105 cm³/mol. The maximum Gasteiger partial charge on any atom is 0.226 e. The molecular formula is C18H31Cl2N3O. The second kappa shape index (κ2) is 10.9. The molecule has 0 spiro atoms. The molecule has 1 aliphatic rings. The third-order valence-electron chi connectivity index (χ3n) is 4.88. The molecule has 2 unspecified atom stereocenters. The number of benzene rings is 1. The summed E-state index contributed by atoms with van der Waals surface area (Å²) in [6, 6.07) is 10.8. The highest BCUT2D eigenvalue weighted by Gasteiger charge is 2.28. The van der Waals surface area contributed by atoms with Gasteiger partial charge in [-0.3, -0.25) is 9.69 Å². The number of nitrogens with zero attached hydrogens (tertiary/aromatic N) is 2. The fourth-order valence-electron chi connectivity index (χ4n) is 3.03. The van der Waals surface area contributed by atoms with Crippen LogP contribution >= 0.6 is 24.8 Å². The highest BCUT2D eigenvalue weighted by Crippen LogP contribution is 2.19. The normalized spacial score (nSPS) is 18.0. The second-order valence-electron chi connectivity index (χ2n) is 6.59. The lowest BCUT2D eigenvalue weighted by atomic mass is 9.98. The number of rotatable bonds is 5. The molecular weight excluding hydrogens is 345 g/mol. The summed E-state index contributed by atoms with van der Waals surface area (Å²) in [5.41, 5.74) is 7.21. The van der Waals surface area contributed by atoms with E-state index in [-0.39, 0.29) is 42.7 Å². The van der Waals surface area contributed by atoms with Crippen molar-refractivity contribution in [2.75, 3.05) is 20.1 Å². The minimum Gasteiger partial charge on any atom is -0.342 e. The van der Waals surface area contributed by atoms with Gasteiger partial charge in [-0.25, -0.2) is 0 Å². The average Bonchev–Trinajstić information content (AvgIpc) is 2.54. The van der Waals surface area contributed by atoms with E-state index in [1.165, 1.54) is 5.56 Å². The maximum atomic E-state index is 12.4. The monoisotopic (exact) mass is 375 g/mol. The first kappa shape index (κ1) is 23.2. The van der Waals surface area contributed by atoms with Gasteiger partial charge in [-0.05, 0) is 25.3 Å². The molecule has 1 amide bonds. The molecule has 1 saturated heterocycles. The van der Waals surface area contributed by atoms with Crippen LogP contribution < -0.4 is 5.73 Å². The van der Waals surface area contributed by atoms with Crippen LogP contribution in [0.3, 0.4) is 0 Å². The van der Waals surface area contributed by atoms with Crippen molar-refractivity contribution < 1.29 is 4.79 Å². The average molecular weight is 376 g/mol. The Hall–Kier alpha value is -0.810. The summed E-state index contributed by atoms with van der Waals surface area (Å²) in [7, 11) is 1.93. The standard InChI is InChI=1S/C18H29N3O.2ClH/c1-14(15(2)19)18(22)20(3)17-9-11-21(12-10-17)13-16-7-5-4-6-8-16;;/h4-8,14-15,17H,9-13,19H2,1-3H3;2*1H. The zero-order chi connectivity index (χ0) is 16.1. The number of piperidine rings is 1. The van der Waals surface area contributed by atoms with E-state index in [1.807, 2.05) is 25.8 Å². The fourth-order valence-corrected chi connectivity index (χ4v) is 3.03. The Labute approximate surface area is 158 Å². The Bertz CT molecular complexity index is 476. The Morgan fingerprint density at radius 1 is 1.21 bits per heavy atom. The lowest BCUT2D eigenvalue weighted by Gasteiger charge is -2.38. The largest absolute Gasteiger partial charge is 0.342 e. The quantitative estimate of drug-likeness (QED) is 0.860. The van der Waals surface area contributed by atoms with Crippen molar-refractivity contribution in [3.05, 3.63) is 35.9 Å². The van der Waals surface area contributed by atoms with Crippen LogP contribution in [0.15, 0.2) is 30.3 Å². The number of amides is 1. The predicted octanol–water partition coefficient (Wildman–Crippen LogP) is 2.94. The van der Waals surface area contributed by atoms with Crippen LogP contribution in [0, 0.1) is 5.92 Å². The molecule has 1 aliphatic heterocycles. The van der Waals surface area contributed by atoms with Gasteiger partial charge in [0.2, 0.25) is 5.91 Å². The molecule has 2 atom stereocenters. The molecule has 138 valence electrons. The summed E-state index contributed by atoms with van der Waals surface area (Å²) >= 11 is 0. The summed E-state index contributed by atoms with van der Waals surface area (Å²) in [5.74, 6) is 0.0730. The lowest BCUT2D eigenvalue weighted by molar-refractivity contribution is -0.137. The number of nitrogens with two attached hydrogens (primary N) is 1. The Balaban J connectivity index is 0.00000264. The third kappa shape index (κ3) is 6.25. The van der Waals surface area contributed by atoms with Crippen molar-refractivity contribution in [1.82, 2.24) is 9.80 Å². The number of hydrogen-bond donors (Lipinski definition) is 1. The van der Waals surface area contributed by atoms with Crippen molar-refractivity contribution in [2.24, 2.45) is 11.7 Å². The molecule has 0 saturated carbocycles. The van der Waals surface area contributed by atoms with Crippen LogP contribution in [-0.4, -0.2) is 47.9 Å². The summed E-state index contributed by atoms with van der Waals surface area (Å²) < 4.78 is 0. The maximum absolute atomic E-state index is 12.4. The van der Waals surface area contributed by atoms with Crippen LogP contribution in [0.4, 0.5) is 0 Å². The summed E-state index contributed by atoms with van der Waals surface area (Å²) in [5, 5.41) is 0. The molecule has 0 aromatic heterocycles. The van der Waals surface area contributed by atoms with Crippen LogP contribution in [-0.2, 0) is 11.3 Å². The van der Waals surface area contributed by atoms with E-state index in [2.05, 4.69) is 35.2 Å². The number of hydrogen-bond acceptors (Lipinski definition) is 3. The van der Waals surface area contributed by atoms with Gasteiger partial charge in [0, 0.05) is 38.8 Å². The summed E-state index contributed by atoms with van der Waals surface area (Å²) in [6.45, 7) is 6.92. The number of likely N-dealkylation sites (tertiary alicyclic amines) is 1. The van der Waals surface area contributed by atoms with E-state index in [0.29, 0.717) is 6.04 Å². The molecule has 1 aromatic carbocycles. The van der Waals surface area contributed by atoms with Gasteiger partial charge in [0.15, 0.2) is 0 Å². The van der Waals surface area contributed by atoms with E-state index in [1.54, 1.807) is 0 Å². The van der Waals surface area contributed by atoms with E-state index in [9.17, 15) is 4.79 Å². The molecule has 0 aliphatic carbocycles. The van der Waals surface area contributed by atoms with E-state index < -0.39 is 0 Å². The van der Waals surface area contributed by atoms with Gasteiger partial charge in [0.25, 0.3) is 0 Å². The fraction of sp³-hybridized carbons (Fsp3) is 0.611. The molecule has 2 N–H and O–H groups in total. The summed E-state index contributed by atoms with van der Waals surface area (Å²) in [4.78, 5) is 16.8. The molecule has 1 heterocycles. The third-order valence-corrected chi connectivity index (χ3v) is 4.88. The van der Waals surface area contributed by atoms with Gasteiger partial charge in [-0.15, -0.1) is 24.8 Å². The lowest BCUT2D eigenvalue weighted by Crippen LogP contribution is -2.48. The van der Waals surface area contributed by atoms with Crippen LogP contribution in [0.25, 0.3) is 0 Å². The molecule has 6 heteroatoms. The van der Waals surface area contributed by atoms with Crippen LogP contribution in [0.1, 0.15) is 32.3 Å². The number of carbonyl (C=O) groups is 1. The Morgan fingerprint density at radius 2 is 1.75 bits per heavy atom. The first-order valence-corrected chi connectivity index (χ1v) is 8.27. The molecule has 24 heavy (non-hydrogen) atoms. The Kier molecular flexibility index (Phi) is 10.6. The van der Waals surface area contributed by atoms with Crippen LogP contribution in [0.5, 0.6) is 0 Å². The van der Waals surface area contributed by atoms with Crippen molar-refractivity contribution in [2.45, 2.75) is 45.3 Å². The topological polar surface area (TPSA) is 49.6 Å². The zero-order valence-corrected chi connectivity index (χ0v) is 16.5. The first-order valence-electron chi connectivity index (χ1n) is 8.27. The molecule has 1 fully saturated rings. The van der Waals surface area contributed by atoms with Crippen LogP contribution in [0.2, 0.25) is 0 Å². The minimum atomic E-state index is -0.104. The van der Waals surface area contributed by atoms with Gasteiger partial charge in [0.1, 0.15) is 0 Å². The Morgan fingerprint density at radius 3 is 2.25 bits per heavy atom. The van der Waals surface area contributed by atoms with Gasteiger partial charge in [0.05, 0.1) is 5.92 Å². The highest BCUT2D eigenvalue weighted by atomic mass is 35.5. The van der Waals surface area contributed by atoms with E-state index in [0.717, 1.165) is 32.5 Å². The van der Waals surface area contributed by atoms with Crippen molar-refractivity contribution in [1.29, 1.82) is 0 Å². The second-order valence-corrected chi connectivity index (χ2v) is 6.59. The van der Waals surface area contributed by atoms with Gasteiger partial charge < -0.3 is 10.6 Å². The molecule has 2 rings (SSSR count). The van der Waals surface area contributed by atoms with Gasteiger partial charge in [-0.2, -0.15) is 0 Å². The smallest absolute Gasteiger partial charge is 0.226 e. The van der Waals surface area contributed by atoms with Gasteiger partial charge in [-0.1, -0.05) is 37.3 Å². The molecule has 0 bridgehead atoms. The first-order chi connectivity index (χ1) is 10.5. The molecule has 1 aromatic rings. The molecule has 4 nitrogen and oxygen atoms in total. The number of halogens is 2. The van der Waals surface area contributed by atoms with Crippen molar-refractivity contribution in [3.8, 4) is 0 Å². The molecule has 0 radical (unpaired) electrons. The van der Waals surface area contributed by atoms with E-state index in [4.69, 9.17) is 5.73 Å². The highest BCUT2D eigenvalue weighted by molar-refractivity contribution is 5.85. The van der Waals surface area contributed by atoms with Gasteiger partial charge >= 0.3 is 0 Å². The SMILES string of the molecule is CC(N)C(C)C(=O)N(C)C1CCN(Cc2ccccc2)CC1.Cl.Cl. The minimum absolute atomic E-state index is 0. The number of carbonyl (C=O) groups excluding carboxylic acids is 1. The van der Waals surface area contributed by atoms with Crippen molar-refractivity contribution in [3.63, 3.8) is 0 Å².